The van der Waals surface area contributed by atoms with Crippen molar-refractivity contribution < 1.29 is 57.2 Å². The lowest BCUT2D eigenvalue weighted by Crippen LogP contribution is -2.82. The Labute approximate surface area is 364 Å². The highest BCUT2D eigenvalue weighted by Crippen LogP contribution is 2.66. The first kappa shape index (κ1) is 45.1. The molecular formula is C49H58O12Si. The van der Waals surface area contributed by atoms with Gasteiger partial charge in [0.25, 0.3) is 8.32 Å². The van der Waals surface area contributed by atoms with E-state index in [1.807, 2.05) is 60.7 Å². The van der Waals surface area contributed by atoms with Gasteiger partial charge in [0.15, 0.2) is 11.4 Å². The number of esters is 4. The Kier molecular flexibility index (Phi) is 11.6. The monoisotopic (exact) mass is 866 g/mol. The molecule has 0 radical (unpaired) electrons. The summed E-state index contributed by atoms with van der Waals surface area (Å²) in [6, 6.07) is 28.0. The zero-order chi connectivity index (χ0) is 45.2. The molecule has 4 aliphatic rings. The molecule has 0 amide bonds. The Balaban J connectivity index is 1.61. The summed E-state index contributed by atoms with van der Waals surface area (Å²) in [5, 5.41) is 15.1. The van der Waals surface area contributed by atoms with Gasteiger partial charge in [0, 0.05) is 44.9 Å². The molecule has 9 atom stereocenters. The first-order valence-corrected chi connectivity index (χ1v) is 23.2. The van der Waals surface area contributed by atoms with Crippen LogP contribution in [0.2, 0.25) is 5.04 Å². The molecule has 7 rings (SSSR count). The van der Waals surface area contributed by atoms with Crippen LogP contribution in [0, 0.1) is 22.7 Å². The van der Waals surface area contributed by atoms with Crippen LogP contribution in [-0.4, -0.2) is 85.3 Å². The van der Waals surface area contributed by atoms with Gasteiger partial charge in [-0.15, -0.1) is 0 Å². The van der Waals surface area contributed by atoms with Gasteiger partial charge >= 0.3 is 23.9 Å². The topological polar surface area (TPSA) is 161 Å². The van der Waals surface area contributed by atoms with Crippen LogP contribution in [0.15, 0.2) is 102 Å². The Morgan fingerprint density at radius 1 is 0.790 bits per heavy atom. The zero-order valence-electron chi connectivity index (χ0n) is 37.2. The Morgan fingerprint density at radius 2 is 1.34 bits per heavy atom. The highest BCUT2D eigenvalue weighted by Gasteiger charge is 2.79. The summed E-state index contributed by atoms with van der Waals surface area (Å²) in [5.74, 6) is -6.14. The van der Waals surface area contributed by atoms with Crippen LogP contribution in [0.1, 0.15) is 92.4 Å². The fraction of sp³-hybridized carbons (Fsp3) is 0.490. The van der Waals surface area contributed by atoms with Gasteiger partial charge < -0.3 is 33.2 Å². The van der Waals surface area contributed by atoms with E-state index in [0.29, 0.717) is 0 Å². The first-order chi connectivity index (χ1) is 29.1. The average molecular weight is 867 g/mol. The summed E-state index contributed by atoms with van der Waals surface area (Å²) >= 11 is 0. The minimum atomic E-state index is -3.55. The van der Waals surface area contributed by atoms with Crippen LogP contribution in [0.4, 0.5) is 0 Å². The van der Waals surface area contributed by atoms with Crippen LogP contribution >= 0.6 is 0 Å². The molecule has 3 aromatic rings. The van der Waals surface area contributed by atoms with Crippen molar-refractivity contribution >= 4 is 48.4 Å². The molecule has 1 heterocycles. The molecule has 2 bridgehead atoms. The minimum Gasteiger partial charge on any atom is -0.462 e. The van der Waals surface area contributed by atoms with E-state index < -0.39 is 101 Å². The molecule has 330 valence electrons. The number of Topliss-reactive ketones (excluding diaryl/α,β-unsaturated/α-hetero) is 1. The standard InChI is InChI=1S/C49H58O12Si/c1-29-36(57-30(2)50)27-49(55)43(59-44(54)33-20-14-11-15-21-33)41-47(10,42(53)40(58-31(3)51)39(29)46(49,8)9)37(26-38-48(41,28-56-38)60-32(4)52)61-62(45(5,6)7,34-22-16-12-17-23-34)35-24-18-13-19-25-35/h11-25,29,36-38,41,43,55H,26-28H2,1-10H3/t29?,36-,37-,38+,41-,43-,47+,48-,49+/m0/s1. The van der Waals surface area contributed by atoms with Crippen molar-refractivity contribution in [2.45, 2.75) is 123 Å². The van der Waals surface area contributed by atoms with E-state index in [1.165, 1.54) is 20.8 Å². The van der Waals surface area contributed by atoms with Crippen molar-refractivity contribution in [3.63, 3.8) is 0 Å². The van der Waals surface area contributed by atoms with E-state index in [-0.39, 0.29) is 36.3 Å². The lowest BCUT2D eigenvalue weighted by molar-refractivity contribution is -0.344. The number of allylic oxidation sites excluding steroid dienone is 1. The van der Waals surface area contributed by atoms with Crippen LogP contribution in [-0.2, 0) is 47.3 Å². The second-order valence-corrected chi connectivity index (χ2v) is 23.4. The third-order valence-corrected chi connectivity index (χ3v) is 19.2. The lowest BCUT2D eigenvalue weighted by Gasteiger charge is -2.68. The number of aliphatic hydroxyl groups is 1. The number of benzene rings is 3. The maximum atomic E-state index is 16.5. The number of rotatable bonds is 9. The van der Waals surface area contributed by atoms with E-state index in [4.69, 9.17) is 28.1 Å². The molecule has 12 nitrogen and oxygen atoms in total. The average Bonchev–Trinajstić information content (AvgIpc) is 3.20. The summed E-state index contributed by atoms with van der Waals surface area (Å²) < 4.78 is 39.3. The van der Waals surface area contributed by atoms with Crippen molar-refractivity contribution in [2.75, 3.05) is 6.61 Å². The van der Waals surface area contributed by atoms with Crippen LogP contribution in [0.5, 0.6) is 0 Å². The summed E-state index contributed by atoms with van der Waals surface area (Å²) in [7, 11) is -3.55. The highest BCUT2D eigenvalue weighted by atomic mass is 28.4. The summed E-state index contributed by atoms with van der Waals surface area (Å²) in [5.41, 5.74) is -6.90. The largest absolute Gasteiger partial charge is 0.462 e. The van der Waals surface area contributed by atoms with Crippen LogP contribution in [0.3, 0.4) is 0 Å². The normalized spacial score (nSPS) is 31.5. The SMILES string of the molecule is CC(=O)OC1=C2C(C)[C@@H](OC(C)=O)C[C@@](O)([C@@H](OC(=O)c3ccccc3)[C@@H]3[C@]4(OC(C)=O)CO[C@@H]4C[C@H](O[Si](c4ccccc4)(c4ccccc4)C(C)(C)C)[C@@]3(C)C1=O)C2(C)C. The fourth-order valence-electron chi connectivity index (χ4n) is 11.3. The van der Waals surface area contributed by atoms with Crippen LogP contribution < -0.4 is 10.4 Å². The Morgan fingerprint density at radius 3 is 1.81 bits per heavy atom. The zero-order valence-corrected chi connectivity index (χ0v) is 38.2. The number of carbonyl (C=O) groups excluding carboxylic acids is 5. The predicted octanol–water partition coefficient (Wildman–Crippen LogP) is 6.01. The van der Waals surface area contributed by atoms with Gasteiger partial charge in [0.1, 0.15) is 23.9 Å². The number of fused-ring (bicyclic) bond motifs is 5. The quantitative estimate of drug-likeness (QED) is 0.152. The van der Waals surface area contributed by atoms with E-state index in [2.05, 4.69) is 20.8 Å². The molecule has 13 heteroatoms. The number of ether oxygens (including phenoxy) is 5. The summed E-state index contributed by atoms with van der Waals surface area (Å²) in [4.78, 5) is 70.6. The van der Waals surface area contributed by atoms with Gasteiger partial charge in [-0.1, -0.05) is 120 Å². The van der Waals surface area contributed by atoms with Crippen molar-refractivity contribution in [1.82, 2.24) is 0 Å². The summed E-state index contributed by atoms with van der Waals surface area (Å²) in [6.07, 6.45) is -4.98. The van der Waals surface area contributed by atoms with E-state index >= 15 is 4.79 Å². The van der Waals surface area contributed by atoms with Gasteiger partial charge in [-0.05, 0) is 40.0 Å². The summed E-state index contributed by atoms with van der Waals surface area (Å²) in [6.45, 7) is 16.6. The Bertz CT molecular complexity index is 2230. The highest BCUT2D eigenvalue weighted by molar-refractivity contribution is 6.99. The van der Waals surface area contributed by atoms with Gasteiger partial charge in [-0.3, -0.25) is 19.2 Å². The van der Waals surface area contributed by atoms with Crippen molar-refractivity contribution in [3.8, 4) is 0 Å². The molecule has 2 saturated carbocycles. The number of hydrogen-bond acceptors (Lipinski definition) is 12. The maximum Gasteiger partial charge on any atom is 0.338 e. The van der Waals surface area contributed by atoms with Gasteiger partial charge in [-0.25, -0.2) is 4.79 Å². The minimum absolute atomic E-state index is 0.0337. The predicted molar refractivity (Wildman–Crippen MR) is 230 cm³/mol. The fourth-order valence-corrected chi connectivity index (χ4v) is 16.1. The van der Waals surface area contributed by atoms with Gasteiger partial charge in [-0.2, -0.15) is 0 Å². The number of hydrogen-bond donors (Lipinski definition) is 1. The molecule has 3 aliphatic carbocycles. The molecule has 62 heavy (non-hydrogen) atoms. The molecule has 1 saturated heterocycles. The number of carbonyl (C=O) groups is 5. The molecule has 1 aliphatic heterocycles. The molecular weight excluding hydrogens is 809 g/mol. The van der Waals surface area contributed by atoms with Gasteiger partial charge in [0.2, 0.25) is 5.78 Å². The molecule has 0 aromatic heterocycles. The van der Waals surface area contributed by atoms with Crippen LogP contribution in [0.25, 0.3) is 0 Å². The van der Waals surface area contributed by atoms with Crippen molar-refractivity contribution in [1.29, 1.82) is 0 Å². The van der Waals surface area contributed by atoms with Gasteiger partial charge in [0.05, 0.1) is 29.6 Å². The molecule has 0 spiro atoms. The molecule has 1 N–H and O–H groups in total. The second kappa shape index (κ2) is 16.0. The molecule has 3 fully saturated rings. The molecule has 1 unspecified atom stereocenters. The second-order valence-electron chi connectivity index (χ2n) is 19.2. The Hall–Kier alpha value is -4.95. The first-order valence-electron chi connectivity index (χ1n) is 21.3. The smallest absolute Gasteiger partial charge is 0.338 e. The third kappa shape index (κ3) is 6.96. The van der Waals surface area contributed by atoms with Crippen molar-refractivity contribution in [3.05, 3.63) is 108 Å². The number of ketones is 1. The van der Waals surface area contributed by atoms with E-state index in [0.717, 1.165) is 10.4 Å². The van der Waals surface area contributed by atoms with E-state index in [1.54, 1.807) is 58.0 Å². The third-order valence-electron chi connectivity index (χ3n) is 14.2. The van der Waals surface area contributed by atoms with E-state index in [9.17, 15) is 24.3 Å². The van der Waals surface area contributed by atoms with Crippen molar-refractivity contribution in [2.24, 2.45) is 22.7 Å². The molecule has 3 aromatic carbocycles. The lowest BCUT2D eigenvalue weighted by atomic mass is 9.45. The maximum absolute atomic E-state index is 16.5.